The molecule has 2 aliphatic rings. The summed E-state index contributed by atoms with van der Waals surface area (Å²) in [6.45, 7) is 11.3. The van der Waals surface area contributed by atoms with Crippen molar-refractivity contribution in [3.8, 4) is 0 Å². The molecule has 2 fully saturated rings. The highest BCUT2D eigenvalue weighted by atomic mass is 15.2. The van der Waals surface area contributed by atoms with Crippen LogP contribution in [0.2, 0.25) is 0 Å². The van der Waals surface area contributed by atoms with Crippen LogP contribution < -0.4 is 10.6 Å². The van der Waals surface area contributed by atoms with E-state index in [1.165, 1.54) is 45.2 Å². The van der Waals surface area contributed by atoms with Gasteiger partial charge in [-0.25, -0.2) is 0 Å². The molecule has 5 nitrogen and oxygen atoms in total. The van der Waals surface area contributed by atoms with Crippen molar-refractivity contribution in [2.75, 3.05) is 46.3 Å². The quantitative estimate of drug-likeness (QED) is 0.527. The normalized spacial score (nSPS) is 20.7. The maximum Gasteiger partial charge on any atom is 0.191 e. The van der Waals surface area contributed by atoms with Gasteiger partial charge < -0.3 is 15.5 Å². The minimum Gasteiger partial charge on any atom is -0.355 e. The van der Waals surface area contributed by atoms with Gasteiger partial charge in [0, 0.05) is 45.3 Å². The first-order valence-electron chi connectivity index (χ1n) is 9.13. The molecule has 1 saturated heterocycles. The number of hydrogen-bond acceptors (Lipinski definition) is 3. The fourth-order valence-corrected chi connectivity index (χ4v) is 3.31. The van der Waals surface area contributed by atoms with Crippen LogP contribution in [-0.2, 0) is 0 Å². The Morgan fingerprint density at radius 2 is 1.82 bits per heavy atom. The van der Waals surface area contributed by atoms with Crippen LogP contribution in [0, 0.1) is 0 Å². The van der Waals surface area contributed by atoms with Gasteiger partial charge in [-0.15, -0.1) is 0 Å². The molecule has 5 heteroatoms. The van der Waals surface area contributed by atoms with E-state index in [0.29, 0.717) is 6.04 Å². The number of rotatable bonds is 8. The van der Waals surface area contributed by atoms with Crippen molar-refractivity contribution in [3.05, 3.63) is 0 Å². The number of nitrogens with one attached hydrogen (secondary N) is 2. The molecule has 2 rings (SSSR count). The van der Waals surface area contributed by atoms with Crippen LogP contribution in [0.4, 0.5) is 0 Å². The van der Waals surface area contributed by atoms with Crippen molar-refractivity contribution in [2.45, 2.75) is 58.0 Å². The molecule has 0 atom stereocenters. The van der Waals surface area contributed by atoms with E-state index in [9.17, 15) is 0 Å². The molecule has 0 aromatic rings. The fourth-order valence-electron chi connectivity index (χ4n) is 3.31. The predicted octanol–water partition coefficient (Wildman–Crippen LogP) is 1.51. The van der Waals surface area contributed by atoms with Crippen LogP contribution in [0.1, 0.15) is 46.0 Å². The third-order valence-corrected chi connectivity index (χ3v) is 4.73. The summed E-state index contributed by atoms with van der Waals surface area (Å²) in [6.07, 6.45) is 6.88. The predicted molar refractivity (Wildman–Crippen MR) is 94.5 cm³/mol. The van der Waals surface area contributed by atoms with Crippen LogP contribution in [0.5, 0.6) is 0 Å². The van der Waals surface area contributed by atoms with Crippen molar-refractivity contribution in [2.24, 2.45) is 4.99 Å². The summed E-state index contributed by atoms with van der Waals surface area (Å²) in [6, 6.07) is 1.47. The van der Waals surface area contributed by atoms with E-state index in [-0.39, 0.29) is 0 Å². The van der Waals surface area contributed by atoms with E-state index in [0.717, 1.165) is 38.2 Å². The second kappa shape index (κ2) is 9.36. The van der Waals surface area contributed by atoms with Crippen molar-refractivity contribution in [1.82, 2.24) is 20.4 Å². The van der Waals surface area contributed by atoms with Crippen molar-refractivity contribution in [3.63, 3.8) is 0 Å². The molecule has 22 heavy (non-hydrogen) atoms. The lowest BCUT2D eigenvalue weighted by Crippen LogP contribution is -2.45. The van der Waals surface area contributed by atoms with Gasteiger partial charge in [0.05, 0.1) is 0 Å². The van der Waals surface area contributed by atoms with Gasteiger partial charge in [-0.05, 0) is 52.6 Å². The fraction of sp³-hybridized carbons (Fsp3) is 0.941. The van der Waals surface area contributed by atoms with Gasteiger partial charge >= 0.3 is 0 Å². The zero-order valence-electron chi connectivity index (χ0n) is 14.8. The summed E-state index contributed by atoms with van der Waals surface area (Å²) in [5.41, 5.74) is 0. The molecule has 1 aliphatic carbocycles. The summed E-state index contributed by atoms with van der Waals surface area (Å²) in [5, 5.41) is 6.90. The van der Waals surface area contributed by atoms with Gasteiger partial charge in [0.25, 0.3) is 0 Å². The Balaban J connectivity index is 1.58. The Kier molecular flexibility index (Phi) is 7.46. The molecule has 1 saturated carbocycles. The maximum absolute atomic E-state index is 4.33. The first kappa shape index (κ1) is 17.5. The minimum absolute atomic E-state index is 0.642. The number of likely N-dealkylation sites (tertiary alicyclic amines) is 1. The molecule has 0 unspecified atom stereocenters. The summed E-state index contributed by atoms with van der Waals surface area (Å²) < 4.78 is 0. The second-order valence-corrected chi connectivity index (χ2v) is 6.89. The van der Waals surface area contributed by atoms with Crippen molar-refractivity contribution < 1.29 is 0 Å². The third-order valence-electron chi connectivity index (χ3n) is 4.73. The van der Waals surface area contributed by atoms with Gasteiger partial charge in [0.1, 0.15) is 0 Å². The number of nitrogens with zero attached hydrogens (tertiary/aromatic N) is 3. The zero-order valence-corrected chi connectivity index (χ0v) is 14.8. The number of guanidine groups is 1. The number of hydrogen-bond donors (Lipinski definition) is 2. The van der Waals surface area contributed by atoms with E-state index in [4.69, 9.17) is 0 Å². The molecule has 1 aliphatic heterocycles. The molecule has 2 N–H and O–H groups in total. The van der Waals surface area contributed by atoms with Crippen LogP contribution in [0.25, 0.3) is 0 Å². The highest BCUT2D eigenvalue weighted by Gasteiger charge is 2.30. The largest absolute Gasteiger partial charge is 0.355 e. The smallest absolute Gasteiger partial charge is 0.191 e. The SMILES string of the molecule is CN=C(NCCN1CCCCC1)NCCN(C(C)C)C1CC1. The number of piperidine rings is 1. The molecule has 0 aromatic heterocycles. The highest BCUT2D eigenvalue weighted by molar-refractivity contribution is 5.79. The van der Waals surface area contributed by atoms with Gasteiger partial charge in [-0.3, -0.25) is 9.89 Å². The Labute approximate surface area is 136 Å². The molecule has 0 radical (unpaired) electrons. The zero-order chi connectivity index (χ0) is 15.8. The first-order chi connectivity index (χ1) is 10.7. The maximum atomic E-state index is 4.33. The van der Waals surface area contributed by atoms with Crippen LogP contribution in [0.3, 0.4) is 0 Å². The Hall–Kier alpha value is -0.810. The van der Waals surface area contributed by atoms with E-state index >= 15 is 0 Å². The van der Waals surface area contributed by atoms with Gasteiger partial charge in [0.15, 0.2) is 5.96 Å². The van der Waals surface area contributed by atoms with E-state index < -0.39 is 0 Å². The molecule has 0 amide bonds. The number of aliphatic imine (C=N–C) groups is 1. The molecule has 0 bridgehead atoms. The summed E-state index contributed by atoms with van der Waals surface area (Å²) >= 11 is 0. The van der Waals surface area contributed by atoms with E-state index in [1.807, 2.05) is 7.05 Å². The first-order valence-corrected chi connectivity index (χ1v) is 9.13. The molecule has 128 valence electrons. The second-order valence-electron chi connectivity index (χ2n) is 6.89. The Morgan fingerprint density at radius 1 is 1.14 bits per heavy atom. The van der Waals surface area contributed by atoms with Crippen LogP contribution in [0.15, 0.2) is 4.99 Å². The van der Waals surface area contributed by atoms with E-state index in [1.54, 1.807) is 0 Å². The van der Waals surface area contributed by atoms with Gasteiger partial charge in [-0.2, -0.15) is 0 Å². The molecule has 1 heterocycles. The molecule has 0 spiro atoms. The van der Waals surface area contributed by atoms with E-state index in [2.05, 4.69) is 39.3 Å². The molecular formula is C17H35N5. The average Bonchev–Trinajstić information content (AvgIpc) is 3.35. The summed E-state index contributed by atoms with van der Waals surface area (Å²) in [4.78, 5) is 9.49. The van der Waals surface area contributed by atoms with Gasteiger partial charge in [0.2, 0.25) is 0 Å². The minimum atomic E-state index is 0.642. The van der Waals surface area contributed by atoms with Gasteiger partial charge in [-0.1, -0.05) is 6.42 Å². The molecular weight excluding hydrogens is 274 g/mol. The van der Waals surface area contributed by atoms with Crippen molar-refractivity contribution in [1.29, 1.82) is 0 Å². The lowest BCUT2D eigenvalue weighted by atomic mass is 10.1. The van der Waals surface area contributed by atoms with Crippen molar-refractivity contribution >= 4 is 5.96 Å². The van der Waals surface area contributed by atoms with Crippen LogP contribution >= 0.6 is 0 Å². The lowest BCUT2D eigenvalue weighted by Gasteiger charge is -2.27. The lowest BCUT2D eigenvalue weighted by molar-refractivity contribution is 0.214. The highest BCUT2D eigenvalue weighted by Crippen LogP contribution is 2.27. The Morgan fingerprint density at radius 3 is 2.41 bits per heavy atom. The van der Waals surface area contributed by atoms with Crippen LogP contribution in [-0.4, -0.2) is 74.2 Å². The average molecular weight is 310 g/mol. The summed E-state index contributed by atoms with van der Waals surface area (Å²) in [5.74, 6) is 0.941. The summed E-state index contributed by atoms with van der Waals surface area (Å²) in [7, 11) is 1.86. The standard InChI is InChI=1S/C17H35N5/c1-15(2)22(16-7-8-16)14-10-20-17(18-3)19-9-13-21-11-5-4-6-12-21/h15-16H,4-14H2,1-3H3,(H2,18,19,20). The Bertz CT molecular complexity index is 330. The molecule has 0 aromatic carbocycles. The monoisotopic (exact) mass is 309 g/mol. The topological polar surface area (TPSA) is 42.9 Å². The third kappa shape index (κ3) is 6.13.